The molecule has 1 heterocycles. The third-order valence-electron chi connectivity index (χ3n) is 4.56. The molecule has 94 valence electrons. The maximum Gasteiger partial charge on any atom is 0.0107 e. The van der Waals surface area contributed by atoms with Crippen LogP contribution in [0.5, 0.6) is 0 Å². The molecule has 0 radical (unpaired) electrons. The number of nitrogens with zero attached hydrogens (tertiary/aromatic N) is 1. The molecule has 0 spiro atoms. The summed E-state index contributed by atoms with van der Waals surface area (Å²) in [6.45, 7) is 11.1. The van der Waals surface area contributed by atoms with Gasteiger partial charge in [0, 0.05) is 32.7 Å². The highest BCUT2D eigenvalue weighted by atomic mass is 15.2. The van der Waals surface area contributed by atoms with Crippen LogP contribution in [0.4, 0.5) is 0 Å². The summed E-state index contributed by atoms with van der Waals surface area (Å²) in [6.07, 6.45) is 5.92. The van der Waals surface area contributed by atoms with Gasteiger partial charge in [-0.3, -0.25) is 0 Å². The SMILES string of the molecule is CC(C)C1CCC(CN2CCNCC2)CC1. The topological polar surface area (TPSA) is 15.3 Å². The molecule has 1 saturated heterocycles. The number of piperazine rings is 1. The normalized spacial score (nSPS) is 33.2. The third-order valence-corrected chi connectivity index (χ3v) is 4.56. The Hall–Kier alpha value is -0.0800. The molecule has 2 rings (SSSR count). The molecule has 2 fully saturated rings. The van der Waals surface area contributed by atoms with Gasteiger partial charge in [-0.1, -0.05) is 13.8 Å². The zero-order valence-corrected chi connectivity index (χ0v) is 11.0. The molecule has 0 aromatic carbocycles. The predicted octanol–water partition coefficient (Wildman–Crippen LogP) is 2.35. The van der Waals surface area contributed by atoms with E-state index >= 15 is 0 Å². The third kappa shape index (κ3) is 3.46. The second-order valence-electron chi connectivity index (χ2n) is 6.08. The fourth-order valence-corrected chi connectivity index (χ4v) is 3.30. The van der Waals surface area contributed by atoms with Gasteiger partial charge in [0.05, 0.1) is 0 Å². The van der Waals surface area contributed by atoms with Gasteiger partial charge in [0.2, 0.25) is 0 Å². The first kappa shape index (κ1) is 12.4. The van der Waals surface area contributed by atoms with Crippen molar-refractivity contribution in [2.24, 2.45) is 17.8 Å². The van der Waals surface area contributed by atoms with Crippen LogP contribution in [-0.4, -0.2) is 37.6 Å². The van der Waals surface area contributed by atoms with E-state index in [1.165, 1.54) is 58.4 Å². The average molecular weight is 224 g/mol. The lowest BCUT2D eigenvalue weighted by molar-refractivity contribution is 0.152. The van der Waals surface area contributed by atoms with Gasteiger partial charge < -0.3 is 10.2 Å². The molecule has 0 aromatic rings. The maximum atomic E-state index is 3.43. The van der Waals surface area contributed by atoms with Gasteiger partial charge in [-0.15, -0.1) is 0 Å². The number of hydrogen-bond acceptors (Lipinski definition) is 2. The molecule has 1 aliphatic carbocycles. The van der Waals surface area contributed by atoms with E-state index in [2.05, 4.69) is 24.1 Å². The Labute approximate surface area is 101 Å². The Morgan fingerprint density at radius 1 is 1.06 bits per heavy atom. The van der Waals surface area contributed by atoms with E-state index < -0.39 is 0 Å². The van der Waals surface area contributed by atoms with E-state index in [4.69, 9.17) is 0 Å². The summed E-state index contributed by atoms with van der Waals surface area (Å²) in [5.74, 6) is 2.91. The van der Waals surface area contributed by atoms with Crippen LogP contribution >= 0.6 is 0 Å². The summed E-state index contributed by atoms with van der Waals surface area (Å²) in [6, 6.07) is 0. The van der Waals surface area contributed by atoms with E-state index in [1.54, 1.807) is 0 Å². The summed E-state index contributed by atoms with van der Waals surface area (Å²) in [5, 5.41) is 3.43. The summed E-state index contributed by atoms with van der Waals surface area (Å²) in [4.78, 5) is 2.66. The molecule has 2 aliphatic rings. The average Bonchev–Trinajstić information content (AvgIpc) is 2.31. The van der Waals surface area contributed by atoms with Crippen molar-refractivity contribution < 1.29 is 0 Å². The second kappa shape index (κ2) is 6.02. The largest absolute Gasteiger partial charge is 0.314 e. The fourth-order valence-electron chi connectivity index (χ4n) is 3.30. The van der Waals surface area contributed by atoms with Crippen molar-refractivity contribution in [2.45, 2.75) is 39.5 Å². The summed E-state index contributed by atoms with van der Waals surface area (Å²) < 4.78 is 0. The van der Waals surface area contributed by atoms with Gasteiger partial charge in [-0.05, 0) is 43.4 Å². The maximum absolute atomic E-state index is 3.43. The molecule has 1 saturated carbocycles. The molecule has 0 aromatic heterocycles. The first-order valence-electron chi connectivity index (χ1n) is 7.19. The molecular weight excluding hydrogens is 196 g/mol. The molecule has 0 atom stereocenters. The lowest BCUT2D eigenvalue weighted by Gasteiger charge is -2.35. The molecule has 2 heteroatoms. The first-order valence-corrected chi connectivity index (χ1v) is 7.19. The van der Waals surface area contributed by atoms with Gasteiger partial charge in [0.25, 0.3) is 0 Å². The van der Waals surface area contributed by atoms with Crippen LogP contribution in [0.3, 0.4) is 0 Å². The minimum absolute atomic E-state index is 0.903. The number of hydrogen-bond donors (Lipinski definition) is 1. The van der Waals surface area contributed by atoms with Crippen LogP contribution in [-0.2, 0) is 0 Å². The standard InChI is InChI=1S/C14H28N2/c1-12(2)14-5-3-13(4-6-14)11-16-9-7-15-8-10-16/h12-15H,3-11H2,1-2H3. The van der Waals surface area contributed by atoms with Gasteiger partial charge in [-0.2, -0.15) is 0 Å². The van der Waals surface area contributed by atoms with Crippen molar-refractivity contribution in [1.29, 1.82) is 0 Å². The van der Waals surface area contributed by atoms with Gasteiger partial charge >= 0.3 is 0 Å². The van der Waals surface area contributed by atoms with Gasteiger partial charge in [-0.25, -0.2) is 0 Å². The van der Waals surface area contributed by atoms with Crippen molar-refractivity contribution in [3.63, 3.8) is 0 Å². The first-order chi connectivity index (χ1) is 7.75. The van der Waals surface area contributed by atoms with Crippen LogP contribution in [0.25, 0.3) is 0 Å². The summed E-state index contributed by atoms with van der Waals surface area (Å²) in [7, 11) is 0. The zero-order valence-electron chi connectivity index (χ0n) is 11.0. The minimum atomic E-state index is 0.903. The summed E-state index contributed by atoms with van der Waals surface area (Å²) in [5.41, 5.74) is 0. The highest BCUT2D eigenvalue weighted by Crippen LogP contribution is 2.33. The van der Waals surface area contributed by atoms with Crippen molar-refractivity contribution >= 4 is 0 Å². The van der Waals surface area contributed by atoms with E-state index in [1.807, 2.05) is 0 Å². The van der Waals surface area contributed by atoms with E-state index in [0.717, 1.165) is 17.8 Å². The monoisotopic (exact) mass is 224 g/mol. The highest BCUT2D eigenvalue weighted by molar-refractivity contribution is 4.78. The molecule has 2 nitrogen and oxygen atoms in total. The molecule has 0 bridgehead atoms. The predicted molar refractivity (Wildman–Crippen MR) is 69.6 cm³/mol. The van der Waals surface area contributed by atoms with Crippen LogP contribution in [0, 0.1) is 17.8 Å². The van der Waals surface area contributed by atoms with E-state index in [-0.39, 0.29) is 0 Å². The Morgan fingerprint density at radius 3 is 2.25 bits per heavy atom. The van der Waals surface area contributed by atoms with Crippen LogP contribution < -0.4 is 5.32 Å². The molecule has 1 N–H and O–H groups in total. The highest BCUT2D eigenvalue weighted by Gasteiger charge is 2.24. The molecule has 16 heavy (non-hydrogen) atoms. The fraction of sp³-hybridized carbons (Fsp3) is 1.00. The van der Waals surface area contributed by atoms with Crippen molar-refractivity contribution in [2.75, 3.05) is 32.7 Å². The summed E-state index contributed by atoms with van der Waals surface area (Å²) >= 11 is 0. The lowest BCUT2D eigenvalue weighted by atomic mass is 9.77. The second-order valence-corrected chi connectivity index (χ2v) is 6.08. The molecule has 1 aliphatic heterocycles. The Balaban J connectivity index is 1.68. The quantitative estimate of drug-likeness (QED) is 0.791. The van der Waals surface area contributed by atoms with Crippen LogP contribution in [0.1, 0.15) is 39.5 Å². The van der Waals surface area contributed by atoms with Crippen molar-refractivity contribution in [3.05, 3.63) is 0 Å². The van der Waals surface area contributed by atoms with E-state index in [9.17, 15) is 0 Å². The van der Waals surface area contributed by atoms with Crippen LogP contribution in [0.15, 0.2) is 0 Å². The minimum Gasteiger partial charge on any atom is -0.314 e. The van der Waals surface area contributed by atoms with E-state index in [0.29, 0.717) is 0 Å². The van der Waals surface area contributed by atoms with Crippen LogP contribution in [0.2, 0.25) is 0 Å². The van der Waals surface area contributed by atoms with Crippen molar-refractivity contribution in [3.8, 4) is 0 Å². The van der Waals surface area contributed by atoms with Crippen molar-refractivity contribution in [1.82, 2.24) is 10.2 Å². The number of nitrogens with one attached hydrogen (secondary N) is 1. The number of rotatable bonds is 3. The molecule has 0 unspecified atom stereocenters. The Bertz CT molecular complexity index is 189. The molecule has 0 amide bonds. The lowest BCUT2D eigenvalue weighted by Crippen LogP contribution is -2.45. The Kier molecular flexibility index (Phi) is 4.66. The van der Waals surface area contributed by atoms with Gasteiger partial charge in [0.15, 0.2) is 0 Å². The molecular formula is C14H28N2. The Morgan fingerprint density at radius 2 is 1.69 bits per heavy atom. The zero-order chi connectivity index (χ0) is 11.4. The smallest absolute Gasteiger partial charge is 0.0107 e. The van der Waals surface area contributed by atoms with Gasteiger partial charge in [0.1, 0.15) is 0 Å².